The van der Waals surface area contributed by atoms with Crippen molar-refractivity contribution >= 4 is 38.9 Å². The molecule has 0 saturated heterocycles. The lowest BCUT2D eigenvalue weighted by molar-refractivity contribution is 0.310. The largest absolute Gasteiger partial charge is 0.488 e. The van der Waals surface area contributed by atoms with Gasteiger partial charge in [-0.15, -0.1) is 21.9 Å². The SMILES string of the molecule is CCCOc1ccccc1[S+](C)C.Fc1c(F)c(F)c([B-](c2c(F)c(F)c(F)c(F)c2F)(c2c(F)c(F)c(F)c(F)c2F)c2c(F)c(F)c(F)c(F)c2F)c(F)c1F. The molecule has 0 fully saturated rings. The van der Waals surface area contributed by atoms with Gasteiger partial charge in [0, 0.05) is 10.9 Å². The van der Waals surface area contributed by atoms with Crippen molar-refractivity contribution in [2.45, 2.75) is 18.2 Å². The number of benzene rings is 5. The second kappa shape index (κ2) is 17.0. The van der Waals surface area contributed by atoms with Crippen molar-refractivity contribution in [1.29, 1.82) is 0 Å². The molecule has 0 aliphatic carbocycles. The summed E-state index contributed by atoms with van der Waals surface area (Å²) in [5.74, 6) is -70.4. The number of para-hydroxylation sites is 1. The van der Waals surface area contributed by atoms with E-state index in [1.54, 1.807) is 0 Å². The van der Waals surface area contributed by atoms with Crippen molar-refractivity contribution in [3.05, 3.63) is 141 Å². The van der Waals surface area contributed by atoms with Crippen molar-refractivity contribution < 1.29 is 92.5 Å². The highest BCUT2D eigenvalue weighted by Crippen LogP contribution is 2.31. The summed E-state index contributed by atoms with van der Waals surface area (Å²) in [6.07, 6.45) is -1.72. The molecular formula is C35H17BF20OS. The summed E-state index contributed by atoms with van der Waals surface area (Å²) in [7, 11) is 0.281. The molecule has 0 heterocycles. The van der Waals surface area contributed by atoms with E-state index in [9.17, 15) is 52.7 Å². The van der Waals surface area contributed by atoms with E-state index in [-0.39, 0.29) is 10.9 Å². The Morgan fingerprint density at radius 3 is 0.828 bits per heavy atom. The fraction of sp³-hybridized carbons (Fsp3) is 0.143. The summed E-state index contributed by atoms with van der Waals surface area (Å²) in [5.41, 5.74) is -14.3. The van der Waals surface area contributed by atoms with Crippen LogP contribution in [0, 0.1) is 116 Å². The molecule has 0 bridgehead atoms. The first-order chi connectivity index (χ1) is 27.0. The highest BCUT2D eigenvalue weighted by Gasteiger charge is 2.52. The molecule has 0 radical (unpaired) electrons. The highest BCUT2D eigenvalue weighted by molar-refractivity contribution is 7.95. The third kappa shape index (κ3) is 7.07. The van der Waals surface area contributed by atoms with Crippen molar-refractivity contribution in [2.24, 2.45) is 0 Å². The molecule has 312 valence electrons. The lowest BCUT2D eigenvalue weighted by atomic mass is 9.12. The van der Waals surface area contributed by atoms with Gasteiger partial charge in [0.2, 0.25) is 0 Å². The van der Waals surface area contributed by atoms with Crippen LogP contribution >= 0.6 is 0 Å². The monoisotopic (exact) mass is 876 g/mol. The van der Waals surface area contributed by atoms with Crippen LogP contribution in [-0.4, -0.2) is 25.3 Å². The first-order valence-corrected chi connectivity index (χ1v) is 17.5. The number of hydrogen-bond acceptors (Lipinski definition) is 1. The molecule has 0 unspecified atom stereocenters. The predicted octanol–water partition coefficient (Wildman–Crippen LogP) is 8.56. The maximum absolute atomic E-state index is 15.4. The lowest BCUT2D eigenvalue weighted by Crippen LogP contribution is -2.81. The summed E-state index contributed by atoms with van der Waals surface area (Å²) >= 11 is 0. The summed E-state index contributed by atoms with van der Waals surface area (Å²) in [6, 6.07) is 8.30. The zero-order chi connectivity index (χ0) is 44.0. The number of ether oxygens (including phenoxy) is 1. The smallest absolute Gasteiger partial charge is 0.200 e. The van der Waals surface area contributed by atoms with Gasteiger partial charge in [-0.25, -0.2) is 87.8 Å². The zero-order valence-corrected chi connectivity index (χ0v) is 29.5. The third-order valence-corrected chi connectivity index (χ3v) is 9.67. The number of hydrogen-bond donors (Lipinski definition) is 0. The summed E-state index contributed by atoms with van der Waals surface area (Å²) in [5, 5.41) is 0. The minimum Gasteiger partial charge on any atom is -0.488 e. The Bertz CT molecular complexity index is 2060. The molecule has 0 atom stereocenters. The maximum Gasteiger partial charge on any atom is 0.200 e. The molecule has 23 heteroatoms. The van der Waals surface area contributed by atoms with Gasteiger partial charge in [0.1, 0.15) is 65.2 Å². The molecule has 5 aromatic rings. The molecule has 5 rings (SSSR count). The fourth-order valence-electron chi connectivity index (χ4n) is 5.99. The molecule has 58 heavy (non-hydrogen) atoms. The molecule has 5 aromatic carbocycles. The van der Waals surface area contributed by atoms with E-state index in [0.717, 1.165) is 18.8 Å². The van der Waals surface area contributed by atoms with E-state index in [2.05, 4.69) is 37.6 Å². The van der Waals surface area contributed by atoms with Crippen molar-refractivity contribution in [3.63, 3.8) is 0 Å². The van der Waals surface area contributed by atoms with E-state index in [1.807, 2.05) is 6.07 Å². The molecule has 0 amide bonds. The summed E-state index contributed by atoms with van der Waals surface area (Å²) in [6.45, 7) is 2.94. The minimum atomic E-state index is -7.22. The third-order valence-electron chi connectivity index (χ3n) is 8.46. The molecule has 0 spiro atoms. The van der Waals surface area contributed by atoms with E-state index in [0.29, 0.717) is 0 Å². The van der Waals surface area contributed by atoms with Crippen LogP contribution in [0.3, 0.4) is 0 Å². The molecule has 0 aromatic heterocycles. The lowest BCUT2D eigenvalue weighted by Gasteiger charge is -2.44. The van der Waals surface area contributed by atoms with Crippen LogP contribution in [0.5, 0.6) is 5.75 Å². The Morgan fingerprint density at radius 1 is 0.379 bits per heavy atom. The molecule has 0 N–H and O–H groups in total. The van der Waals surface area contributed by atoms with Crippen molar-refractivity contribution in [2.75, 3.05) is 19.1 Å². The van der Waals surface area contributed by atoms with E-state index in [1.165, 1.54) is 4.90 Å². The standard InChI is InChI=1S/C24BF20.C11H17OS/c26-5-1(6(27)14(35)21(42)13(5)34)25(2-7(28)15(36)22(43)16(37)8(2)29,3-9(30)17(38)23(44)18(39)10(3)31)4-11(32)19(40)24(45)20(41)12(4)33;1-4-9-12-10-7-5-6-8-11(10)13(2)3/h;5-8H,4,9H2,1-3H3/q-1;+1. The Kier molecular flexibility index (Phi) is 13.4. The van der Waals surface area contributed by atoms with Gasteiger partial charge in [0.25, 0.3) is 0 Å². The average Bonchev–Trinajstić information content (AvgIpc) is 3.20. The van der Waals surface area contributed by atoms with Gasteiger partial charge in [0.15, 0.2) is 80.5 Å². The van der Waals surface area contributed by atoms with Gasteiger partial charge in [-0.05, 0) is 18.6 Å². The topological polar surface area (TPSA) is 9.23 Å². The van der Waals surface area contributed by atoms with Crippen molar-refractivity contribution in [1.82, 2.24) is 0 Å². The normalized spacial score (nSPS) is 11.7. The predicted molar refractivity (Wildman–Crippen MR) is 169 cm³/mol. The van der Waals surface area contributed by atoms with Crippen LogP contribution in [0.2, 0.25) is 0 Å². The second-order valence-electron chi connectivity index (χ2n) is 11.9. The van der Waals surface area contributed by atoms with Gasteiger partial charge < -0.3 is 4.74 Å². The Balaban J connectivity index is 0.000000486. The summed E-state index contributed by atoms with van der Waals surface area (Å²) < 4.78 is 300. The Labute approximate surface area is 315 Å². The number of halogens is 20. The van der Waals surface area contributed by atoms with Crippen LogP contribution in [0.25, 0.3) is 0 Å². The van der Waals surface area contributed by atoms with Gasteiger partial charge in [-0.2, -0.15) is 0 Å². The first kappa shape index (κ1) is 45.6. The first-order valence-electron chi connectivity index (χ1n) is 15.5. The zero-order valence-electron chi connectivity index (χ0n) is 28.7. The van der Waals surface area contributed by atoms with Crippen LogP contribution in [-0.2, 0) is 10.9 Å². The Morgan fingerprint density at radius 2 is 0.603 bits per heavy atom. The van der Waals surface area contributed by atoms with E-state index >= 15 is 35.1 Å². The highest BCUT2D eigenvalue weighted by atomic mass is 32.2. The van der Waals surface area contributed by atoms with Gasteiger partial charge in [0.05, 0.1) is 6.61 Å². The van der Waals surface area contributed by atoms with Crippen LogP contribution < -0.4 is 26.6 Å². The van der Waals surface area contributed by atoms with Gasteiger partial charge in [-0.3, -0.25) is 0 Å². The van der Waals surface area contributed by atoms with Crippen LogP contribution in [0.15, 0.2) is 29.2 Å². The van der Waals surface area contributed by atoms with Crippen LogP contribution in [0.4, 0.5) is 87.8 Å². The minimum absolute atomic E-state index is 0.281. The molecule has 0 aliphatic heterocycles. The molecule has 0 aliphatic rings. The van der Waals surface area contributed by atoms with Crippen LogP contribution in [0.1, 0.15) is 13.3 Å². The molecule has 0 saturated carbocycles. The van der Waals surface area contributed by atoms with E-state index in [4.69, 9.17) is 4.74 Å². The summed E-state index contributed by atoms with van der Waals surface area (Å²) in [4.78, 5) is 1.33. The maximum atomic E-state index is 15.4. The van der Waals surface area contributed by atoms with Crippen molar-refractivity contribution in [3.8, 4) is 5.75 Å². The van der Waals surface area contributed by atoms with Gasteiger partial charge in [-0.1, -0.05) is 19.1 Å². The van der Waals surface area contributed by atoms with E-state index < -0.39 is 144 Å². The molecular weight excluding hydrogens is 859 g/mol. The second-order valence-corrected chi connectivity index (χ2v) is 14.0. The molecule has 1 nitrogen and oxygen atoms in total. The number of rotatable bonds is 8. The average molecular weight is 876 g/mol. The fourth-order valence-corrected chi connectivity index (χ4v) is 6.87. The Hall–Kier alpha value is -5.09. The van der Waals surface area contributed by atoms with Gasteiger partial charge >= 0.3 is 0 Å². The quantitative estimate of drug-likeness (QED) is 0.0500.